The molecule has 11 nitrogen and oxygen atoms in total. The van der Waals surface area contributed by atoms with E-state index in [1.807, 2.05) is 38.1 Å². The van der Waals surface area contributed by atoms with E-state index in [0.717, 1.165) is 36.1 Å². The standard InChI is InChI=1S/C26H34N6O5/c1-3-35-19-7-8-22-18(14-19)15-21(25(33)27-22)23(31-11-9-17(10-12-31)26(34)36-4-2)24-28-29-30-32(24)16-20-6-5-13-37-20/h7-8,14-15,17,20,23H,3-6,9-13,16H2,1-2H3,(H,27,33). The Morgan fingerprint density at radius 2 is 2.03 bits per heavy atom. The number of likely N-dealkylation sites (tertiary alicyclic amines) is 1. The van der Waals surface area contributed by atoms with Gasteiger partial charge in [0.2, 0.25) is 0 Å². The summed E-state index contributed by atoms with van der Waals surface area (Å²) in [6.07, 6.45) is 3.29. The quantitative estimate of drug-likeness (QED) is 0.432. The topological polar surface area (TPSA) is 124 Å². The van der Waals surface area contributed by atoms with Gasteiger partial charge in [-0.05, 0) is 74.2 Å². The Kier molecular flexibility index (Phi) is 7.80. The Morgan fingerprint density at radius 3 is 2.76 bits per heavy atom. The smallest absolute Gasteiger partial charge is 0.309 e. The van der Waals surface area contributed by atoms with Gasteiger partial charge in [-0.3, -0.25) is 14.5 Å². The largest absolute Gasteiger partial charge is 0.494 e. The second kappa shape index (κ2) is 11.4. The van der Waals surface area contributed by atoms with Crippen LogP contribution in [0, 0.1) is 5.92 Å². The van der Waals surface area contributed by atoms with Gasteiger partial charge in [-0.1, -0.05) is 0 Å². The molecule has 3 aromatic rings. The second-order valence-electron chi connectivity index (χ2n) is 9.55. The number of H-pyrrole nitrogens is 1. The van der Waals surface area contributed by atoms with E-state index in [2.05, 4.69) is 25.4 Å². The summed E-state index contributed by atoms with van der Waals surface area (Å²) in [5, 5.41) is 13.5. The molecule has 2 fully saturated rings. The van der Waals surface area contributed by atoms with Gasteiger partial charge in [0, 0.05) is 36.2 Å². The summed E-state index contributed by atoms with van der Waals surface area (Å²) in [7, 11) is 0. The number of esters is 1. The lowest BCUT2D eigenvalue weighted by Crippen LogP contribution is -2.42. The molecule has 0 bridgehead atoms. The van der Waals surface area contributed by atoms with Crippen molar-refractivity contribution in [1.29, 1.82) is 0 Å². The molecule has 2 saturated heterocycles. The van der Waals surface area contributed by atoms with Crippen LogP contribution >= 0.6 is 0 Å². The molecular weight excluding hydrogens is 476 g/mol. The highest BCUT2D eigenvalue weighted by atomic mass is 16.5. The maximum Gasteiger partial charge on any atom is 0.309 e. The van der Waals surface area contributed by atoms with Crippen LogP contribution in [0.5, 0.6) is 5.75 Å². The average molecular weight is 511 g/mol. The van der Waals surface area contributed by atoms with Crippen LogP contribution in [0.15, 0.2) is 29.1 Å². The number of carbonyl (C=O) groups is 1. The van der Waals surface area contributed by atoms with Crippen molar-refractivity contribution in [3.05, 3.63) is 46.0 Å². The van der Waals surface area contributed by atoms with Crippen molar-refractivity contribution in [1.82, 2.24) is 30.1 Å². The highest BCUT2D eigenvalue weighted by Crippen LogP contribution is 2.32. The molecule has 0 radical (unpaired) electrons. The Hall–Kier alpha value is -3.31. The summed E-state index contributed by atoms with van der Waals surface area (Å²) in [5.74, 6) is 1.02. The van der Waals surface area contributed by atoms with Crippen LogP contribution in [0.3, 0.4) is 0 Å². The first-order valence-corrected chi connectivity index (χ1v) is 13.2. The van der Waals surface area contributed by atoms with Gasteiger partial charge in [0.15, 0.2) is 5.82 Å². The second-order valence-corrected chi connectivity index (χ2v) is 9.55. The molecule has 4 heterocycles. The van der Waals surface area contributed by atoms with E-state index in [9.17, 15) is 9.59 Å². The number of nitrogens with one attached hydrogen (secondary N) is 1. The van der Waals surface area contributed by atoms with Gasteiger partial charge < -0.3 is 19.2 Å². The number of aromatic amines is 1. The minimum atomic E-state index is -0.483. The fourth-order valence-electron chi connectivity index (χ4n) is 5.33. The number of carbonyl (C=O) groups excluding carboxylic acids is 1. The zero-order valence-electron chi connectivity index (χ0n) is 21.4. The Bertz CT molecular complexity index is 1280. The number of tetrazole rings is 1. The Balaban J connectivity index is 1.52. The lowest BCUT2D eigenvalue weighted by Gasteiger charge is -2.36. The van der Waals surface area contributed by atoms with Gasteiger partial charge in [-0.25, -0.2) is 4.68 Å². The fraction of sp³-hybridized carbons (Fsp3) is 0.577. The molecule has 2 atom stereocenters. The Morgan fingerprint density at radius 1 is 1.19 bits per heavy atom. The summed E-state index contributed by atoms with van der Waals surface area (Å²) in [6, 6.07) is 7.05. The number of nitrogens with zero attached hydrogens (tertiary/aromatic N) is 5. The third-order valence-electron chi connectivity index (χ3n) is 7.17. The molecule has 2 unspecified atom stereocenters. The van der Waals surface area contributed by atoms with Crippen molar-refractivity contribution in [3.8, 4) is 5.75 Å². The van der Waals surface area contributed by atoms with E-state index >= 15 is 0 Å². The minimum Gasteiger partial charge on any atom is -0.494 e. The molecule has 2 aliphatic rings. The number of ether oxygens (including phenoxy) is 3. The van der Waals surface area contributed by atoms with E-state index in [1.165, 1.54) is 0 Å². The highest BCUT2D eigenvalue weighted by Gasteiger charge is 2.35. The molecule has 0 amide bonds. The molecular formula is C26H34N6O5. The molecule has 5 rings (SSSR count). The minimum absolute atomic E-state index is 0.0427. The maximum atomic E-state index is 13.4. The summed E-state index contributed by atoms with van der Waals surface area (Å²) in [4.78, 5) is 31.0. The number of pyridine rings is 1. The predicted octanol–water partition coefficient (Wildman–Crippen LogP) is 2.46. The number of benzene rings is 1. The maximum absolute atomic E-state index is 13.4. The molecule has 2 aromatic heterocycles. The first-order valence-electron chi connectivity index (χ1n) is 13.2. The summed E-state index contributed by atoms with van der Waals surface area (Å²) in [5.41, 5.74) is 1.09. The monoisotopic (exact) mass is 510 g/mol. The van der Waals surface area contributed by atoms with Gasteiger partial charge in [0.25, 0.3) is 5.56 Å². The molecule has 1 N–H and O–H groups in total. The van der Waals surface area contributed by atoms with Gasteiger partial charge in [-0.15, -0.1) is 5.10 Å². The number of fused-ring (bicyclic) bond motifs is 1. The van der Waals surface area contributed by atoms with Crippen LogP contribution in [0.25, 0.3) is 10.9 Å². The van der Waals surface area contributed by atoms with Gasteiger partial charge in [-0.2, -0.15) is 0 Å². The molecule has 0 spiro atoms. The fourth-order valence-corrected chi connectivity index (χ4v) is 5.33. The van der Waals surface area contributed by atoms with Crippen LogP contribution in [0.2, 0.25) is 0 Å². The van der Waals surface area contributed by atoms with Crippen molar-refractivity contribution in [2.24, 2.45) is 5.92 Å². The van der Waals surface area contributed by atoms with Gasteiger partial charge in [0.1, 0.15) is 11.8 Å². The van der Waals surface area contributed by atoms with Gasteiger partial charge in [0.05, 0.1) is 31.8 Å². The predicted molar refractivity (Wildman–Crippen MR) is 135 cm³/mol. The normalized spacial score (nSPS) is 19.8. The molecule has 0 saturated carbocycles. The Labute approximate surface area is 215 Å². The van der Waals surface area contributed by atoms with E-state index in [1.54, 1.807) is 4.68 Å². The summed E-state index contributed by atoms with van der Waals surface area (Å²) >= 11 is 0. The SMILES string of the molecule is CCOC(=O)C1CCN(C(c2cc3cc(OCC)ccc3[nH]c2=O)c2nnnn2CC2CCCO2)CC1. The summed E-state index contributed by atoms with van der Waals surface area (Å²) in [6.45, 7) is 7.16. The molecule has 0 aliphatic carbocycles. The highest BCUT2D eigenvalue weighted by molar-refractivity contribution is 5.80. The van der Waals surface area contributed by atoms with E-state index in [4.69, 9.17) is 14.2 Å². The number of rotatable bonds is 9. The number of hydrogen-bond donors (Lipinski definition) is 1. The third-order valence-corrected chi connectivity index (χ3v) is 7.17. The molecule has 198 valence electrons. The van der Waals surface area contributed by atoms with Crippen LogP contribution in [-0.2, 0) is 20.8 Å². The lowest BCUT2D eigenvalue weighted by molar-refractivity contribution is -0.149. The molecule has 37 heavy (non-hydrogen) atoms. The van der Waals surface area contributed by atoms with Crippen molar-refractivity contribution in [2.45, 2.75) is 58.2 Å². The first-order chi connectivity index (χ1) is 18.1. The van der Waals surface area contributed by atoms with Crippen LogP contribution in [0.1, 0.15) is 57.0 Å². The summed E-state index contributed by atoms with van der Waals surface area (Å²) < 4.78 is 18.5. The van der Waals surface area contributed by atoms with Crippen molar-refractivity contribution in [3.63, 3.8) is 0 Å². The van der Waals surface area contributed by atoms with Crippen molar-refractivity contribution < 1.29 is 19.0 Å². The van der Waals surface area contributed by atoms with Gasteiger partial charge >= 0.3 is 5.97 Å². The average Bonchev–Trinajstić information content (AvgIpc) is 3.58. The number of hydrogen-bond acceptors (Lipinski definition) is 9. The van der Waals surface area contributed by atoms with Crippen LogP contribution < -0.4 is 10.3 Å². The zero-order valence-corrected chi connectivity index (χ0v) is 21.4. The first kappa shape index (κ1) is 25.3. The molecule has 2 aliphatic heterocycles. The lowest BCUT2D eigenvalue weighted by atomic mass is 9.94. The zero-order chi connectivity index (χ0) is 25.8. The number of piperidine rings is 1. The van der Waals surface area contributed by atoms with Crippen molar-refractivity contribution in [2.75, 3.05) is 32.9 Å². The van der Waals surface area contributed by atoms with Crippen LogP contribution in [-0.4, -0.2) is 75.1 Å². The number of aromatic nitrogens is 5. The van der Waals surface area contributed by atoms with E-state index in [0.29, 0.717) is 57.1 Å². The van der Waals surface area contributed by atoms with E-state index < -0.39 is 6.04 Å². The molecule has 11 heteroatoms. The molecule has 1 aromatic carbocycles. The third kappa shape index (κ3) is 5.52. The van der Waals surface area contributed by atoms with Crippen molar-refractivity contribution >= 4 is 16.9 Å². The van der Waals surface area contributed by atoms with Crippen LogP contribution in [0.4, 0.5) is 0 Å². The van der Waals surface area contributed by atoms with E-state index in [-0.39, 0.29) is 23.6 Å².